The molecule has 126 valence electrons. The van der Waals surface area contributed by atoms with Crippen molar-refractivity contribution in [2.75, 3.05) is 5.43 Å². The number of rotatable bonds is 5. The van der Waals surface area contributed by atoms with E-state index >= 15 is 0 Å². The first kappa shape index (κ1) is 16.9. The van der Waals surface area contributed by atoms with Crippen molar-refractivity contribution in [1.82, 2.24) is 4.98 Å². The van der Waals surface area contributed by atoms with Gasteiger partial charge in [0.05, 0.1) is 16.8 Å². The average Bonchev–Trinajstić information content (AvgIpc) is 3.06. The van der Waals surface area contributed by atoms with E-state index in [1.807, 2.05) is 17.5 Å². The number of hydrazone groups is 1. The number of aromatic hydroxyl groups is 1. The van der Waals surface area contributed by atoms with Crippen LogP contribution in [0.3, 0.4) is 0 Å². The van der Waals surface area contributed by atoms with Crippen LogP contribution in [-0.4, -0.2) is 21.2 Å². The largest absolute Gasteiger partial charge is 0.507 e. The Bertz CT molecular complexity index is 941. The normalized spacial score (nSPS) is 10.9. The van der Waals surface area contributed by atoms with Crippen molar-refractivity contribution in [2.45, 2.75) is 0 Å². The highest BCUT2D eigenvalue weighted by atomic mass is 35.5. The van der Waals surface area contributed by atoms with Gasteiger partial charge in [-0.3, -0.25) is 15.5 Å². The maximum Gasteiger partial charge on any atom is 0.270 e. The Labute approximate surface area is 151 Å². The van der Waals surface area contributed by atoms with Crippen LogP contribution in [0.25, 0.3) is 11.3 Å². The lowest BCUT2D eigenvalue weighted by molar-refractivity contribution is -0.384. The Morgan fingerprint density at radius 1 is 1.28 bits per heavy atom. The van der Waals surface area contributed by atoms with Crippen LogP contribution in [-0.2, 0) is 0 Å². The Hall–Kier alpha value is -2.97. The van der Waals surface area contributed by atoms with Gasteiger partial charge in [0.25, 0.3) is 5.69 Å². The Balaban J connectivity index is 1.72. The summed E-state index contributed by atoms with van der Waals surface area (Å²) in [6.07, 6.45) is 1.30. The summed E-state index contributed by atoms with van der Waals surface area (Å²) in [6, 6.07) is 11.0. The minimum Gasteiger partial charge on any atom is -0.507 e. The number of nitro groups is 1. The molecule has 25 heavy (non-hydrogen) atoms. The Kier molecular flexibility index (Phi) is 4.92. The minimum absolute atomic E-state index is 0.0999. The first-order chi connectivity index (χ1) is 12.0. The molecule has 0 radical (unpaired) electrons. The van der Waals surface area contributed by atoms with Gasteiger partial charge in [-0.15, -0.1) is 11.3 Å². The summed E-state index contributed by atoms with van der Waals surface area (Å²) in [5, 5.41) is 27.5. The van der Waals surface area contributed by atoms with Crippen LogP contribution >= 0.6 is 22.9 Å². The summed E-state index contributed by atoms with van der Waals surface area (Å²) in [6.45, 7) is 0. The topological polar surface area (TPSA) is 101 Å². The molecule has 3 aromatic rings. The number of benzene rings is 2. The van der Waals surface area contributed by atoms with Crippen molar-refractivity contribution in [3.63, 3.8) is 0 Å². The van der Waals surface area contributed by atoms with Crippen molar-refractivity contribution in [1.29, 1.82) is 0 Å². The number of thiazole rings is 1. The number of nitrogens with zero attached hydrogens (tertiary/aromatic N) is 3. The van der Waals surface area contributed by atoms with Gasteiger partial charge in [0.1, 0.15) is 5.75 Å². The molecular formula is C16H11ClN4O3S. The second-order valence-electron chi connectivity index (χ2n) is 4.92. The molecule has 0 unspecified atom stereocenters. The molecule has 1 heterocycles. The summed E-state index contributed by atoms with van der Waals surface area (Å²) in [5.41, 5.74) is 4.55. The number of hydrogen-bond acceptors (Lipinski definition) is 7. The predicted molar refractivity (Wildman–Crippen MR) is 98.5 cm³/mol. The summed E-state index contributed by atoms with van der Waals surface area (Å²) in [4.78, 5) is 14.6. The van der Waals surface area contributed by atoms with E-state index in [2.05, 4.69) is 15.5 Å². The van der Waals surface area contributed by atoms with Crippen molar-refractivity contribution < 1.29 is 10.0 Å². The standard InChI is InChI=1S/C16H11ClN4O3S/c17-12-3-1-10(2-4-12)14-9-25-16(19-14)20-18-8-11-7-13(21(23)24)5-6-15(11)22/h1-9,22H,(H,19,20)/b18-8-. The molecule has 0 fully saturated rings. The molecule has 0 atom stereocenters. The lowest BCUT2D eigenvalue weighted by Crippen LogP contribution is -1.93. The third kappa shape index (κ3) is 4.11. The van der Waals surface area contributed by atoms with Crippen LogP contribution in [0.2, 0.25) is 5.02 Å². The molecule has 0 aliphatic rings. The fourth-order valence-electron chi connectivity index (χ4n) is 1.99. The quantitative estimate of drug-likeness (QED) is 0.388. The molecule has 0 saturated heterocycles. The van der Waals surface area contributed by atoms with Crippen LogP contribution in [0.15, 0.2) is 52.9 Å². The van der Waals surface area contributed by atoms with Crippen LogP contribution in [0.4, 0.5) is 10.8 Å². The first-order valence-corrected chi connectivity index (χ1v) is 8.26. The fourth-order valence-corrected chi connectivity index (χ4v) is 2.79. The van der Waals surface area contributed by atoms with Crippen LogP contribution in [0, 0.1) is 10.1 Å². The number of nitrogens with one attached hydrogen (secondary N) is 1. The van der Waals surface area contributed by atoms with Gasteiger partial charge in [-0.05, 0) is 18.2 Å². The van der Waals surface area contributed by atoms with Crippen molar-refractivity contribution in [3.05, 3.63) is 68.5 Å². The summed E-state index contributed by atoms with van der Waals surface area (Å²) in [5.74, 6) is -0.0999. The van der Waals surface area contributed by atoms with E-state index in [-0.39, 0.29) is 17.0 Å². The number of nitro benzene ring substituents is 1. The molecule has 1 aromatic heterocycles. The van der Waals surface area contributed by atoms with Gasteiger partial charge < -0.3 is 5.11 Å². The zero-order valence-electron chi connectivity index (χ0n) is 12.6. The molecule has 3 rings (SSSR count). The Morgan fingerprint density at radius 2 is 2.04 bits per heavy atom. The smallest absolute Gasteiger partial charge is 0.270 e. The average molecular weight is 375 g/mol. The van der Waals surface area contributed by atoms with Gasteiger partial charge >= 0.3 is 0 Å². The maximum atomic E-state index is 10.8. The molecule has 2 aromatic carbocycles. The predicted octanol–water partition coefficient (Wildman–Crippen LogP) is 4.52. The molecule has 0 bridgehead atoms. The van der Waals surface area contributed by atoms with Crippen molar-refractivity contribution >= 4 is 40.0 Å². The monoisotopic (exact) mass is 374 g/mol. The highest BCUT2D eigenvalue weighted by molar-refractivity contribution is 7.14. The number of anilines is 1. The van der Waals surface area contributed by atoms with Crippen LogP contribution < -0.4 is 5.43 Å². The zero-order valence-corrected chi connectivity index (χ0v) is 14.2. The summed E-state index contributed by atoms with van der Waals surface area (Å²) in [7, 11) is 0. The zero-order chi connectivity index (χ0) is 17.8. The molecule has 0 amide bonds. The number of halogens is 1. The molecule has 2 N–H and O–H groups in total. The van der Waals surface area contributed by atoms with E-state index in [1.54, 1.807) is 12.1 Å². The van der Waals surface area contributed by atoms with Gasteiger partial charge in [-0.2, -0.15) is 5.10 Å². The van der Waals surface area contributed by atoms with Crippen molar-refractivity contribution in [3.8, 4) is 17.0 Å². The number of phenolic OH excluding ortho intramolecular Hbond substituents is 1. The van der Waals surface area contributed by atoms with E-state index in [1.165, 1.54) is 35.8 Å². The molecule has 0 saturated carbocycles. The second kappa shape index (κ2) is 7.29. The van der Waals surface area contributed by atoms with E-state index in [4.69, 9.17) is 11.6 Å². The lowest BCUT2D eigenvalue weighted by atomic mass is 10.2. The van der Waals surface area contributed by atoms with Gasteiger partial charge in [-0.25, -0.2) is 4.98 Å². The molecule has 0 spiro atoms. The maximum absolute atomic E-state index is 10.8. The SMILES string of the molecule is O=[N+]([O-])c1ccc(O)c(/C=N\Nc2nc(-c3ccc(Cl)cc3)cs2)c1. The van der Waals surface area contributed by atoms with Crippen LogP contribution in [0.1, 0.15) is 5.56 Å². The molecular weight excluding hydrogens is 364 g/mol. The van der Waals surface area contributed by atoms with Gasteiger partial charge in [0.2, 0.25) is 5.13 Å². The van der Waals surface area contributed by atoms with Crippen LogP contribution in [0.5, 0.6) is 5.75 Å². The minimum atomic E-state index is -0.538. The van der Waals surface area contributed by atoms with E-state index < -0.39 is 4.92 Å². The highest BCUT2D eigenvalue weighted by Gasteiger charge is 2.09. The fraction of sp³-hybridized carbons (Fsp3) is 0. The Morgan fingerprint density at radius 3 is 2.76 bits per heavy atom. The second-order valence-corrected chi connectivity index (χ2v) is 6.21. The lowest BCUT2D eigenvalue weighted by Gasteiger charge is -1.99. The molecule has 7 nitrogen and oxygen atoms in total. The van der Waals surface area contributed by atoms with E-state index in [0.717, 1.165) is 11.3 Å². The molecule has 0 aliphatic heterocycles. The number of aromatic nitrogens is 1. The summed E-state index contributed by atoms with van der Waals surface area (Å²) >= 11 is 7.22. The first-order valence-electron chi connectivity index (χ1n) is 7.01. The number of non-ortho nitro benzene ring substituents is 1. The highest BCUT2D eigenvalue weighted by Crippen LogP contribution is 2.26. The van der Waals surface area contributed by atoms with E-state index in [0.29, 0.717) is 10.2 Å². The third-order valence-electron chi connectivity index (χ3n) is 3.23. The van der Waals surface area contributed by atoms with Gasteiger partial charge in [-0.1, -0.05) is 23.7 Å². The molecule has 0 aliphatic carbocycles. The number of phenols is 1. The van der Waals surface area contributed by atoms with Gasteiger partial charge in [0.15, 0.2) is 0 Å². The summed E-state index contributed by atoms with van der Waals surface area (Å²) < 4.78 is 0. The van der Waals surface area contributed by atoms with E-state index in [9.17, 15) is 15.2 Å². The third-order valence-corrected chi connectivity index (χ3v) is 4.23. The van der Waals surface area contributed by atoms with Crippen molar-refractivity contribution in [2.24, 2.45) is 5.10 Å². The van der Waals surface area contributed by atoms with Gasteiger partial charge in [0, 0.05) is 33.7 Å². The number of hydrogen-bond donors (Lipinski definition) is 2. The molecule has 9 heteroatoms.